The molecular formula is C21H24N2O3. The molecule has 5 nitrogen and oxygen atoms in total. The zero-order valence-corrected chi connectivity index (χ0v) is 14.9. The number of ether oxygens (including phenoxy) is 1. The van der Waals surface area contributed by atoms with Crippen LogP contribution in [0.3, 0.4) is 0 Å². The molecule has 4 rings (SSSR count). The monoisotopic (exact) mass is 352 g/mol. The van der Waals surface area contributed by atoms with Crippen molar-refractivity contribution in [2.45, 2.75) is 44.6 Å². The topological polar surface area (TPSA) is 64.3 Å². The maximum absolute atomic E-state index is 11.2. The summed E-state index contributed by atoms with van der Waals surface area (Å²) in [7, 11) is 0. The van der Waals surface area contributed by atoms with E-state index in [1.54, 1.807) is 12.1 Å². The fourth-order valence-corrected chi connectivity index (χ4v) is 3.77. The third-order valence-electron chi connectivity index (χ3n) is 5.29. The highest BCUT2D eigenvalue weighted by atomic mass is 16.5. The van der Waals surface area contributed by atoms with Crippen LogP contribution in [0, 0.1) is 0 Å². The Morgan fingerprint density at radius 3 is 2.96 bits per heavy atom. The van der Waals surface area contributed by atoms with Crippen molar-refractivity contribution in [2.75, 3.05) is 13.2 Å². The molecule has 0 saturated heterocycles. The van der Waals surface area contributed by atoms with Crippen molar-refractivity contribution in [2.24, 2.45) is 0 Å². The molecule has 1 saturated carbocycles. The van der Waals surface area contributed by atoms with Crippen molar-refractivity contribution in [3.63, 3.8) is 0 Å². The van der Waals surface area contributed by atoms with Gasteiger partial charge in [-0.3, -0.25) is 9.48 Å². The molecular weight excluding hydrogens is 328 g/mol. The van der Waals surface area contributed by atoms with Crippen molar-refractivity contribution in [3.05, 3.63) is 52.9 Å². The van der Waals surface area contributed by atoms with Gasteiger partial charge >= 0.3 is 0 Å². The van der Waals surface area contributed by atoms with Crippen LogP contribution in [0.25, 0.3) is 5.57 Å². The number of aromatic nitrogens is 2. The Morgan fingerprint density at radius 1 is 1.27 bits per heavy atom. The van der Waals surface area contributed by atoms with E-state index in [2.05, 4.69) is 15.8 Å². The summed E-state index contributed by atoms with van der Waals surface area (Å²) in [6.45, 7) is 1.43. The highest BCUT2D eigenvalue weighted by molar-refractivity contribution is 5.81. The molecule has 2 heterocycles. The molecule has 0 atom stereocenters. The zero-order valence-electron chi connectivity index (χ0n) is 14.9. The standard InChI is InChI=1S/C21H24N2O3/c24-13-19-15(4-2-6-21(19)25)3-1-5-16-14-26-12-10-18(16)20-9-11-22-23(20)17-7-8-17/h2,4,6,9,11,13,17,25H,1,3,5,7-8,10,12,14H2. The van der Waals surface area contributed by atoms with Crippen molar-refractivity contribution in [3.8, 4) is 5.75 Å². The van der Waals surface area contributed by atoms with E-state index >= 15 is 0 Å². The zero-order chi connectivity index (χ0) is 17.9. The van der Waals surface area contributed by atoms with Crippen LogP contribution >= 0.6 is 0 Å². The SMILES string of the molecule is O=Cc1c(O)cccc1CCCC1=C(c2ccnn2C2CC2)CCOC1. The Morgan fingerprint density at radius 2 is 2.15 bits per heavy atom. The lowest BCUT2D eigenvalue weighted by Gasteiger charge is -2.22. The summed E-state index contributed by atoms with van der Waals surface area (Å²) >= 11 is 0. The summed E-state index contributed by atoms with van der Waals surface area (Å²) in [5.41, 5.74) is 5.28. The summed E-state index contributed by atoms with van der Waals surface area (Å²) in [5.74, 6) is 0.0618. The molecule has 2 aromatic rings. The van der Waals surface area contributed by atoms with Gasteiger partial charge in [-0.2, -0.15) is 5.10 Å². The molecule has 1 aliphatic heterocycles. The normalized spacial score (nSPS) is 17.5. The summed E-state index contributed by atoms with van der Waals surface area (Å²) < 4.78 is 7.89. The van der Waals surface area contributed by atoms with E-state index in [4.69, 9.17) is 4.74 Å². The van der Waals surface area contributed by atoms with Gasteiger partial charge < -0.3 is 9.84 Å². The van der Waals surface area contributed by atoms with Crippen LogP contribution in [0.2, 0.25) is 0 Å². The quantitative estimate of drug-likeness (QED) is 0.767. The van der Waals surface area contributed by atoms with Crippen LogP contribution < -0.4 is 0 Å². The number of phenolic OH excluding ortho intramolecular Hbond substituents is 1. The molecule has 0 spiro atoms. The number of benzene rings is 1. The van der Waals surface area contributed by atoms with E-state index in [0.29, 0.717) is 18.2 Å². The second-order valence-corrected chi connectivity index (χ2v) is 7.10. The number of rotatable bonds is 7. The molecule has 0 unspecified atom stereocenters. The molecule has 1 fully saturated rings. The average Bonchev–Trinajstić information content (AvgIpc) is 3.39. The number of aryl methyl sites for hydroxylation is 1. The van der Waals surface area contributed by atoms with Crippen LogP contribution in [0.15, 0.2) is 36.0 Å². The molecule has 1 aliphatic carbocycles. The molecule has 1 aromatic carbocycles. The molecule has 2 aliphatic rings. The van der Waals surface area contributed by atoms with E-state index in [1.165, 1.54) is 29.7 Å². The molecule has 5 heteroatoms. The first kappa shape index (κ1) is 17.0. The Hall–Kier alpha value is -2.40. The van der Waals surface area contributed by atoms with E-state index < -0.39 is 0 Å². The van der Waals surface area contributed by atoms with Crippen LogP contribution in [0.4, 0.5) is 0 Å². The summed E-state index contributed by atoms with van der Waals surface area (Å²) in [4.78, 5) is 11.2. The minimum Gasteiger partial charge on any atom is -0.507 e. The smallest absolute Gasteiger partial charge is 0.154 e. The maximum Gasteiger partial charge on any atom is 0.154 e. The Kier molecular flexibility index (Phi) is 4.89. The first-order valence-corrected chi connectivity index (χ1v) is 9.36. The third-order valence-corrected chi connectivity index (χ3v) is 5.29. The highest BCUT2D eigenvalue weighted by Crippen LogP contribution is 2.38. The van der Waals surface area contributed by atoms with Gasteiger partial charge in [0.1, 0.15) is 5.75 Å². The lowest BCUT2D eigenvalue weighted by Crippen LogP contribution is -2.14. The van der Waals surface area contributed by atoms with Gasteiger partial charge in [-0.15, -0.1) is 0 Å². The lowest BCUT2D eigenvalue weighted by molar-refractivity contribution is 0.112. The first-order valence-electron chi connectivity index (χ1n) is 9.36. The average molecular weight is 352 g/mol. The number of aromatic hydroxyl groups is 1. The summed E-state index contributed by atoms with van der Waals surface area (Å²) in [6.07, 6.45) is 8.63. The van der Waals surface area contributed by atoms with Crippen LogP contribution in [0.5, 0.6) is 5.75 Å². The summed E-state index contributed by atoms with van der Waals surface area (Å²) in [6, 6.07) is 7.96. The molecule has 1 N–H and O–H groups in total. The lowest BCUT2D eigenvalue weighted by atomic mass is 9.94. The number of hydrogen-bond acceptors (Lipinski definition) is 4. The van der Waals surface area contributed by atoms with Gasteiger partial charge in [-0.05, 0) is 67.4 Å². The van der Waals surface area contributed by atoms with Crippen LogP contribution in [0.1, 0.15) is 59.8 Å². The van der Waals surface area contributed by atoms with Gasteiger partial charge in [0.05, 0.1) is 30.5 Å². The minimum atomic E-state index is 0.0618. The van der Waals surface area contributed by atoms with Gasteiger partial charge in [-0.25, -0.2) is 0 Å². The second kappa shape index (κ2) is 7.46. The summed E-state index contributed by atoms with van der Waals surface area (Å²) in [5, 5.41) is 14.3. The van der Waals surface area contributed by atoms with Crippen molar-refractivity contribution >= 4 is 11.9 Å². The van der Waals surface area contributed by atoms with Gasteiger partial charge in [0.15, 0.2) is 6.29 Å². The van der Waals surface area contributed by atoms with E-state index in [0.717, 1.165) is 44.1 Å². The van der Waals surface area contributed by atoms with Crippen molar-refractivity contribution < 1.29 is 14.6 Å². The van der Waals surface area contributed by atoms with E-state index in [-0.39, 0.29) is 5.75 Å². The number of carbonyl (C=O) groups is 1. The first-order chi connectivity index (χ1) is 12.8. The van der Waals surface area contributed by atoms with Gasteiger partial charge in [0, 0.05) is 6.20 Å². The van der Waals surface area contributed by atoms with E-state index in [9.17, 15) is 9.90 Å². The predicted molar refractivity (Wildman–Crippen MR) is 99.3 cm³/mol. The fourth-order valence-electron chi connectivity index (χ4n) is 3.77. The van der Waals surface area contributed by atoms with E-state index in [1.807, 2.05) is 12.3 Å². The molecule has 0 radical (unpaired) electrons. The Bertz CT molecular complexity index is 834. The Balaban J connectivity index is 1.50. The molecule has 26 heavy (non-hydrogen) atoms. The maximum atomic E-state index is 11.2. The largest absolute Gasteiger partial charge is 0.507 e. The Labute approximate surface area is 153 Å². The van der Waals surface area contributed by atoms with Crippen molar-refractivity contribution in [1.82, 2.24) is 9.78 Å². The van der Waals surface area contributed by atoms with Gasteiger partial charge in [0.2, 0.25) is 0 Å². The molecule has 0 bridgehead atoms. The minimum absolute atomic E-state index is 0.0618. The number of phenols is 1. The second-order valence-electron chi connectivity index (χ2n) is 7.10. The predicted octanol–water partition coefficient (Wildman–Crippen LogP) is 3.93. The fraction of sp³-hybridized carbons (Fsp3) is 0.429. The van der Waals surface area contributed by atoms with Crippen molar-refractivity contribution in [1.29, 1.82) is 0 Å². The van der Waals surface area contributed by atoms with Gasteiger partial charge in [-0.1, -0.05) is 12.1 Å². The number of hydrogen-bond donors (Lipinski definition) is 1. The molecule has 1 aromatic heterocycles. The number of aldehydes is 1. The molecule has 136 valence electrons. The number of nitrogens with zero attached hydrogens (tertiary/aromatic N) is 2. The molecule has 0 amide bonds. The van der Waals surface area contributed by atoms with Crippen LogP contribution in [-0.4, -0.2) is 34.4 Å². The third kappa shape index (κ3) is 3.44. The van der Waals surface area contributed by atoms with Crippen LogP contribution in [-0.2, 0) is 11.2 Å². The highest BCUT2D eigenvalue weighted by Gasteiger charge is 2.28. The number of carbonyl (C=O) groups excluding carboxylic acids is 1. The van der Waals surface area contributed by atoms with Gasteiger partial charge in [0.25, 0.3) is 0 Å².